The van der Waals surface area contributed by atoms with Gasteiger partial charge in [-0.25, -0.2) is 4.57 Å². The number of carbonyl (C=O) groups excluding carboxylic acids is 1. The van der Waals surface area contributed by atoms with Crippen molar-refractivity contribution in [3.8, 4) is 0 Å². The second kappa shape index (κ2) is 44.2. The van der Waals surface area contributed by atoms with E-state index in [0.29, 0.717) is 13.0 Å². The molecular weight excluding hydrogens is 739 g/mol. The number of aliphatic hydroxyl groups excluding tert-OH is 2. The van der Waals surface area contributed by atoms with Gasteiger partial charge in [-0.2, -0.15) is 0 Å². The van der Waals surface area contributed by atoms with Crippen molar-refractivity contribution in [2.75, 3.05) is 33.0 Å². The van der Waals surface area contributed by atoms with Gasteiger partial charge in [0.15, 0.2) is 0 Å². The summed E-state index contributed by atoms with van der Waals surface area (Å²) in [7, 11) is -4.52. The first kappa shape index (κ1) is 55.7. The number of phosphoric ester groups is 1. The number of hydrogen-bond donors (Lipinski definition) is 3. The maximum Gasteiger partial charge on any atom is 0.472 e. The third-order valence-corrected chi connectivity index (χ3v) is 11.0. The molecule has 0 aliphatic rings. The van der Waals surface area contributed by atoms with Gasteiger partial charge in [0.25, 0.3) is 0 Å². The molecule has 0 aromatic rings. The molecule has 10 heteroatoms. The summed E-state index contributed by atoms with van der Waals surface area (Å²) in [5, 5.41) is 18.4. The van der Waals surface area contributed by atoms with Gasteiger partial charge in [0, 0.05) is 13.0 Å². The molecule has 0 radical (unpaired) electrons. The highest BCUT2D eigenvalue weighted by molar-refractivity contribution is 7.47. The topological polar surface area (TPSA) is 132 Å². The van der Waals surface area contributed by atoms with Crippen LogP contribution in [0.1, 0.15) is 213 Å². The minimum atomic E-state index is -4.52. The summed E-state index contributed by atoms with van der Waals surface area (Å²) in [5.41, 5.74) is 0. The lowest BCUT2D eigenvalue weighted by atomic mass is 10.1. The third kappa shape index (κ3) is 44.1. The van der Waals surface area contributed by atoms with Crippen molar-refractivity contribution < 1.29 is 43.0 Å². The number of ether oxygens (including phenoxy) is 2. The SMILES string of the molecule is CCCCCC/C=C\C/C=C\CCCCCCCC(=O)OC(COCCCCCCCCCCCC/C=C\CCCCCCCC)COP(=O)(O)OCC(O)CO. The normalized spacial score (nSPS) is 14.3. The lowest BCUT2D eigenvalue weighted by Gasteiger charge is -2.20. The molecule has 0 amide bonds. The van der Waals surface area contributed by atoms with Crippen LogP contribution >= 0.6 is 7.82 Å². The van der Waals surface area contributed by atoms with Crippen LogP contribution in [0, 0.1) is 0 Å². The van der Waals surface area contributed by atoms with E-state index in [1.807, 2.05) is 0 Å². The second-order valence-electron chi connectivity index (χ2n) is 15.8. The molecule has 0 aliphatic carbocycles. The fraction of sp³-hybridized carbons (Fsp3) is 0.851. The smallest absolute Gasteiger partial charge is 0.457 e. The summed E-state index contributed by atoms with van der Waals surface area (Å²) in [5.74, 6) is -0.395. The van der Waals surface area contributed by atoms with E-state index in [0.717, 1.165) is 57.8 Å². The number of hydrogen-bond acceptors (Lipinski definition) is 8. The zero-order valence-corrected chi connectivity index (χ0v) is 37.7. The van der Waals surface area contributed by atoms with Crippen LogP contribution in [0.4, 0.5) is 0 Å². The summed E-state index contributed by atoms with van der Waals surface area (Å²) in [6.07, 6.45) is 48.2. The largest absolute Gasteiger partial charge is 0.472 e. The monoisotopic (exact) mass is 829 g/mol. The van der Waals surface area contributed by atoms with Crippen LogP contribution in [0.3, 0.4) is 0 Å². The Labute approximate surface area is 350 Å². The molecule has 57 heavy (non-hydrogen) atoms. The zero-order chi connectivity index (χ0) is 41.8. The molecule has 0 bridgehead atoms. The summed E-state index contributed by atoms with van der Waals surface area (Å²) < 4.78 is 33.4. The minimum absolute atomic E-state index is 0.0438. The Hall–Kier alpha value is -1.32. The average molecular weight is 829 g/mol. The predicted molar refractivity (Wildman–Crippen MR) is 237 cm³/mol. The lowest BCUT2D eigenvalue weighted by molar-refractivity contribution is -0.154. The van der Waals surface area contributed by atoms with Crippen LogP contribution in [0.25, 0.3) is 0 Å². The Bertz CT molecular complexity index is 986. The average Bonchev–Trinajstić information content (AvgIpc) is 3.20. The van der Waals surface area contributed by atoms with Gasteiger partial charge in [0.05, 0.1) is 26.4 Å². The Morgan fingerprint density at radius 2 is 0.947 bits per heavy atom. The maximum absolute atomic E-state index is 12.6. The van der Waals surface area contributed by atoms with Gasteiger partial charge in [-0.1, -0.05) is 172 Å². The fourth-order valence-corrected chi connectivity index (χ4v) is 7.23. The number of phosphoric acid groups is 1. The molecule has 0 fully saturated rings. The van der Waals surface area contributed by atoms with E-state index < -0.39 is 39.2 Å². The molecule has 0 saturated heterocycles. The second-order valence-corrected chi connectivity index (χ2v) is 17.2. The van der Waals surface area contributed by atoms with Crippen molar-refractivity contribution in [2.24, 2.45) is 0 Å². The molecule has 0 spiro atoms. The van der Waals surface area contributed by atoms with Crippen molar-refractivity contribution >= 4 is 13.8 Å². The highest BCUT2D eigenvalue weighted by Gasteiger charge is 2.26. The summed E-state index contributed by atoms with van der Waals surface area (Å²) in [4.78, 5) is 22.6. The number of esters is 1. The number of allylic oxidation sites excluding steroid dienone is 6. The molecule has 0 saturated carbocycles. The Balaban J connectivity index is 4.13. The Morgan fingerprint density at radius 3 is 1.44 bits per heavy atom. The quantitative estimate of drug-likeness (QED) is 0.0237. The first-order valence-corrected chi connectivity index (χ1v) is 25.0. The van der Waals surface area contributed by atoms with Crippen molar-refractivity contribution in [1.82, 2.24) is 0 Å². The van der Waals surface area contributed by atoms with E-state index in [9.17, 15) is 19.4 Å². The number of carbonyl (C=O) groups is 1. The molecule has 0 aromatic heterocycles. The van der Waals surface area contributed by atoms with Gasteiger partial charge in [-0.05, 0) is 70.6 Å². The zero-order valence-electron chi connectivity index (χ0n) is 36.8. The van der Waals surface area contributed by atoms with E-state index >= 15 is 0 Å². The highest BCUT2D eigenvalue weighted by atomic mass is 31.2. The summed E-state index contributed by atoms with van der Waals surface area (Å²) >= 11 is 0. The summed E-state index contributed by atoms with van der Waals surface area (Å²) in [6, 6.07) is 0. The van der Waals surface area contributed by atoms with E-state index in [-0.39, 0.29) is 19.6 Å². The molecule has 0 heterocycles. The molecule has 336 valence electrons. The van der Waals surface area contributed by atoms with Crippen LogP contribution in [0.15, 0.2) is 36.5 Å². The molecular formula is C47H89O9P. The number of aliphatic hydroxyl groups is 2. The van der Waals surface area contributed by atoms with E-state index in [4.69, 9.17) is 23.6 Å². The van der Waals surface area contributed by atoms with Crippen molar-refractivity contribution in [2.45, 2.75) is 225 Å². The van der Waals surface area contributed by atoms with Crippen molar-refractivity contribution in [1.29, 1.82) is 0 Å². The molecule has 0 aromatic carbocycles. The van der Waals surface area contributed by atoms with Crippen LogP contribution < -0.4 is 0 Å². The fourth-order valence-electron chi connectivity index (χ4n) is 6.44. The van der Waals surface area contributed by atoms with Gasteiger partial charge >= 0.3 is 13.8 Å². The van der Waals surface area contributed by atoms with Gasteiger partial charge in [-0.3, -0.25) is 13.8 Å². The minimum Gasteiger partial charge on any atom is -0.457 e. The molecule has 3 N–H and O–H groups in total. The van der Waals surface area contributed by atoms with Crippen molar-refractivity contribution in [3.05, 3.63) is 36.5 Å². The van der Waals surface area contributed by atoms with Gasteiger partial charge in [0.2, 0.25) is 0 Å². The Morgan fingerprint density at radius 1 is 0.544 bits per heavy atom. The predicted octanol–water partition coefficient (Wildman–Crippen LogP) is 13.2. The van der Waals surface area contributed by atoms with Crippen molar-refractivity contribution in [3.63, 3.8) is 0 Å². The van der Waals surface area contributed by atoms with E-state index in [2.05, 4.69) is 50.3 Å². The number of unbranched alkanes of at least 4 members (excludes halogenated alkanes) is 25. The molecule has 0 aliphatic heterocycles. The van der Waals surface area contributed by atoms with Crippen LogP contribution in [-0.2, 0) is 27.9 Å². The molecule has 3 unspecified atom stereocenters. The first-order valence-electron chi connectivity index (χ1n) is 23.5. The summed E-state index contributed by atoms with van der Waals surface area (Å²) in [6.45, 7) is 3.50. The van der Waals surface area contributed by atoms with Crippen LogP contribution in [0.2, 0.25) is 0 Å². The van der Waals surface area contributed by atoms with Crippen LogP contribution in [0.5, 0.6) is 0 Å². The first-order chi connectivity index (χ1) is 27.8. The Kier molecular flexibility index (Phi) is 43.2. The van der Waals surface area contributed by atoms with E-state index in [1.165, 1.54) is 128 Å². The standard InChI is InChI=1S/C47H89O9P/c1-3-5-7-9-11-13-15-17-19-21-22-23-24-26-28-30-32-34-36-38-40-53-43-46(44-55-57(51,52)54-42-45(49)41-48)56-47(50)39-37-35-33-31-29-27-25-20-18-16-14-12-10-8-6-4-2/h14,16-17,19-20,25,45-46,48-49H,3-13,15,18,21-24,26-44H2,1-2H3,(H,51,52)/b16-14-,19-17-,25-20-. The van der Waals surface area contributed by atoms with E-state index in [1.54, 1.807) is 0 Å². The van der Waals surface area contributed by atoms with Crippen LogP contribution in [-0.4, -0.2) is 66.3 Å². The lowest BCUT2D eigenvalue weighted by Crippen LogP contribution is -2.29. The molecule has 9 nitrogen and oxygen atoms in total. The number of rotatable bonds is 45. The van der Waals surface area contributed by atoms with Gasteiger partial charge in [-0.15, -0.1) is 0 Å². The molecule has 0 rings (SSSR count). The maximum atomic E-state index is 12.6. The van der Waals surface area contributed by atoms with Gasteiger partial charge < -0.3 is 24.6 Å². The molecule has 3 atom stereocenters. The third-order valence-electron chi connectivity index (χ3n) is 10.0. The highest BCUT2D eigenvalue weighted by Crippen LogP contribution is 2.43. The van der Waals surface area contributed by atoms with Gasteiger partial charge in [0.1, 0.15) is 12.2 Å².